The first-order chi connectivity index (χ1) is 10.2. The quantitative estimate of drug-likeness (QED) is 0.909. The largest absolute Gasteiger partial charge is 0.335 e. The molecule has 0 radical (unpaired) electrons. The minimum atomic E-state index is -0.962. The van der Waals surface area contributed by atoms with E-state index in [4.69, 9.17) is 0 Å². The zero-order chi connectivity index (χ0) is 14.8. The Hall–Kier alpha value is -1.49. The first-order valence-corrected chi connectivity index (χ1v) is 7.63. The molecule has 2 aliphatic heterocycles. The molecule has 2 fully saturated rings. The topological polar surface area (TPSA) is 32.3 Å². The molecule has 0 aromatic heterocycles. The fourth-order valence-corrected chi connectivity index (χ4v) is 3.54. The maximum absolute atomic E-state index is 13.3. The Kier molecular flexibility index (Phi) is 4.19. The number of nitrogens with zero attached hydrogens (tertiary/aromatic N) is 1. The summed E-state index contributed by atoms with van der Waals surface area (Å²) in [5, 5.41) is 3.38. The summed E-state index contributed by atoms with van der Waals surface area (Å²) >= 11 is 0. The van der Waals surface area contributed by atoms with Gasteiger partial charge in [0.2, 0.25) is 0 Å². The van der Waals surface area contributed by atoms with Gasteiger partial charge in [-0.15, -0.1) is 0 Å². The van der Waals surface area contributed by atoms with Crippen LogP contribution in [0.2, 0.25) is 0 Å². The molecular weight excluding hydrogens is 274 g/mol. The van der Waals surface area contributed by atoms with Crippen LogP contribution >= 0.6 is 0 Å². The van der Waals surface area contributed by atoms with Gasteiger partial charge in [-0.2, -0.15) is 0 Å². The van der Waals surface area contributed by atoms with E-state index in [0.29, 0.717) is 12.5 Å². The van der Waals surface area contributed by atoms with Crippen molar-refractivity contribution in [2.75, 3.05) is 19.6 Å². The van der Waals surface area contributed by atoms with Crippen molar-refractivity contribution in [1.82, 2.24) is 10.2 Å². The minimum Gasteiger partial charge on any atom is -0.335 e. The van der Waals surface area contributed by atoms with E-state index in [9.17, 15) is 13.6 Å². The third-order valence-electron chi connectivity index (χ3n) is 4.61. The summed E-state index contributed by atoms with van der Waals surface area (Å²) in [5.41, 5.74) is 0.240. The van der Waals surface area contributed by atoms with E-state index < -0.39 is 11.6 Å². The van der Waals surface area contributed by atoms with Crippen LogP contribution in [-0.4, -0.2) is 36.5 Å². The number of benzene rings is 1. The Morgan fingerprint density at radius 2 is 2.05 bits per heavy atom. The molecule has 1 amide bonds. The van der Waals surface area contributed by atoms with Crippen LogP contribution in [0.15, 0.2) is 18.2 Å². The third kappa shape index (κ3) is 2.93. The first-order valence-electron chi connectivity index (χ1n) is 7.63. The average molecular weight is 294 g/mol. The number of halogens is 2. The molecule has 114 valence electrons. The van der Waals surface area contributed by atoms with Gasteiger partial charge in [0.1, 0.15) is 0 Å². The molecule has 1 aromatic carbocycles. The molecule has 1 aromatic rings. The highest BCUT2D eigenvalue weighted by Crippen LogP contribution is 2.29. The summed E-state index contributed by atoms with van der Waals surface area (Å²) in [6, 6.07) is 3.62. The van der Waals surface area contributed by atoms with Gasteiger partial charge in [-0.05, 0) is 62.9 Å². The molecule has 5 heteroatoms. The standard InChI is InChI=1S/C16H20F2N2O/c17-13-6-5-11(9-14(13)18)16(21)20-8-2-4-15(20)12-3-1-7-19-10-12/h5-6,9,12,15,19H,1-4,7-8,10H2. The van der Waals surface area contributed by atoms with Crippen LogP contribution in [0.3, 0.4) is 0 Å². The van der Waals surface area contributed by atoms with Gasteiger partial charge >= 0.3 is 0 Å². The van der Waals surface area contributed by atoms with Crippen LogP contribution in [-0.2, 0) is 0 Å². The summed E-state index contributed by atoms with van der Waals surface area (Å²) in [7, 11) is 0. The van der Waals surface area contributed by atoms with E-state index >= 15 is 0 Å². The van der Waals surface area contributed by atoms with Gasteiger partial charge < -0.3 is 10.2 Å². The lowest BCUT2D eigenvalue weighted by Crippen LogP contribution is -2.45. The molecule has 2 saturated heterocycles. The normalized spacial score (nSPS) is 26.1. The van der Waals surface area contributed by atoms with Crippen LogP contribution in [0.25, 0.3) is 0 Å². The summed E-state index contributed by atoms with van der Waals surface area (Å²) in [4.78, 5) is 14.4. The molecule has 0 aliphatic carbocycles. The summed E-state index contributed by atoms with van der Waals surface area (Å²) in [5.74, 6) is -1.59. The lowest BCUT2D eigenvalue weighted by atomic mass is 9.90. The zero-order valence-corrected chi connectivity index (χ0v) is 11.9. The Balaban J connectivity index is 1.77. The highest BCUT2D eigenvalue weighted by molar-refractivity contribution is 5.94. The number of carbonyl (C=O) groups excluding carboxylic acids is 1. The van der Waals surface area contributed by atoms with Crippen molar-refractivity contribution < 1.29 is 13.6 Å². The second-order valence-electron chi connectivity index (χ2n) is 5.94. The highest BCUT2D eigenvalue weighted by atomic mass is 19.2. The fraction of sp³-hybridized carbons (Fsp3) is 0.562. The maximum atomic E-state index is 13.3. The Labute approximate surface area is 123 Å². The van der Waals surface area contributed by atoms with Crippen molar-refractivity contribution in [1.29, 1.82) is 0 Å². The molecule has 3 nitrogen and oxygen atoms in total. The lowest BCUT2D eigenvalue weighted by molar-refractivity contribution is 0.0670. The van der Waals surface area contributed by atoms with E-state index in [1.165, 1.54) is 6.07 Å². The fourth-order valence-electron chi connectivity index (χ4n) is 3.54. The second kappa shape index (κ2) is 6.10. The van der Waals surface area contributed by atoms with Crippen molar-refractivity contribution in [2.45, 2.75) is 31.7 Å². The molecule has 0 spiro atoms. The molecule has 21 heavy (non-hydrogen) atoms. The van der Waals surface area contributed by atoms with Gasteiger partial charge in [-0.3, -0.25) is 4.79 Å². The van der Waals surface area contributed by atoms with Crippen LogP contribution in [0.5, 0.6) is 0 Å². The molecule has 1 N–H and O–H groups in total. The summed E-state index contributed by atoms with van der Waals surface area (Å²) in [6.07, 6.45) is 4.24. The van der Waals surface area contributed by atoms with Crippen molar-refractivity contribution in [3.63, 3.8) is 0 Å². The van der Waals surface area contributed by atoms with Crippen molar-refractivity contribution in [2.24, 2.45) is 5.92 Å². The number of piperidine rings is 1. The zero-order valence-electron chi connectivity index (χ0n) is 11.9. The maximum Gasteiger partial charge on any atom is 0.254 e. The molecule has 2 aliphatic rings. The third-order valence-corrected chi connectivity index (χ3v) is 4.61. The van der Waals surface area contributed by atoms with Crippen LogP contribution < -0.4 is 5.32 Å². The lowest BCUT2D eigenvalue weighted by Gasteiger charge is -2.34. The summed E-state index contributed by atoms with van der Waals surface area (Å²) in [6.45, 7) is 2.69. The second-order valence-corrected chi connectivity index (χ2v) is 5.94. The van der Waals surface area contributed by atoms with Crippen LogP contribution in [0, 0.1) is 17.6 Å². The minimum absolute atomic E-state index is 0.179. The number of hydrogen-bond donors (Lipinski definition) is 1. The Morgan fingerprint density at radius 3 is 2.76 bits per heavy atom. The molecule has 0 bridgehead atoms. The van der Waals surface area contributed by atoms with Gasteiger partial charge in [-0.1, -0.05) is 0 Å². The number of likely N-dealkylation sites (tertiary alicyclic amines) is 1. The van der Waals surface area contributed by atoms with Gasteiger partial charge in [0, 0.05) is 18.2 Å². The van der Waals surface area contributed by atoms with Gasteiger partial charge in [-0.25, -0.2) is 8.78 Å². The van der Waals surface area contributed by atoms with Crippen LogP contribution in [0.1, 0.15) is 36.0 Å². The van der Waals surface area contributed by atoms with E-state index in [1.54, 1.807) is 0 Å². The molecule has 2 heterocycles. The van der Waals surface area contributed by atoms with Crippen molar-refractivity contribution in [3.05, 3.63) is 35.4 Å². The molecule has 0 saturated carbocycles. The van der Waals surface area contributed by atoms with Gasteiger partial charge in [0.25, 0.3) is 5.91 Å². The Morgan fingerprint density at radius 1 is 1.19 bits per heavy atom. The smallest absolute Gasteiger partial charge is 0.254 e. The van der Waals surface area contributed by atoms with E-state index in [-0.39, 0.29) is 17.5 Å². The highest BCUT2D eigenvalue weighted by Gasteiger charge is 2.35. The molecule has 2 unspecified atom stereocenters. The Bertz CT molecular complexity index is 529. The first kappa shape index (κ1) is 14.4. The molecule has 3 rings (SSSR count). The van der Waals surface area contributed by atoms with E-state index in [1.807, 2.05) is 4.90 Å². The summed E-state index contributed by atoms with van der Waals surface area (Å²) < 4.78 is 26.3. The monoisotopic (exact) mass is 294 g/mol. The van der Waals surface area contributed by atoms with Gasteiger partial charge in [0.05, 0.1) is 0 Å². The number of carbonyl (C=O) groups is 1. The van der Waals surface area contributed by atoms with E-state index in [2.05, 4.69) is 5.32 Å². The predicted molar refractivity (Wildman–Crippen MR) is 76.0 cm³/mol. The predicted octanol–water partition coefficient (Wildman–Crippen LogP) is 2.57. The number of hydrogen-bond acceptors (Lipinski definition) is 2. The SMILES string of the molecule is O=C(c1ccc(F)c(F)c1)N1CCCC1C1CCCNC1. The van der Waals surface area contributed by atoms with Crippen LogP contribution in [0.4, 0.5) is 8.78 Å². The van der Waals surface area contributed by atoms with Crippen molar-refractivity contribution in [3.8, 4) is 0 Å². The number of rotatable bonds is 2. The molecule has 2 atom stereocenters. The van der Waals surface area contributed by atoms with E-state index in [0.717, 1.165) is 50.9 Å². The number of nitrogens with one attached hydrogen (secondary N) is 1. The number of amides is 1. The molecular formula is C16H20F2N2O. The van der Waals surface area contributed by atoms with Gasteiger partial charge in [0.15, 0.2) is 11.6 Å². The van der Waals surface area contributed by atoms with Crippen molar-refractivity contribution >= 4 is 5.91 Å². The average Bonchev–Trinajstić information content (AvgIpc) is 2.99.